The predicted molar refractivity (Wildman–Crippen MR) is 134 cm³/mol. The fourth-order valence-electron chi connectivity index (χ4n) is 5.20. The number of hydrogen-bond donors (Lipinski definition) is 2. The van der Waals surface area contributed by atoms with Crippen LogP contribution in [-0.2, 0) is 4.74 Å². The summed E-state index contributed by atoms with van der Waals surface area (Å²) in [4.78, 5) is 18.8. The molecule has 0 bridgehead atoms. The molecule has 1 aliphatic carbocycles. The van der Waals surface area contributed by atoms with E-state index in [-0.39, 0.29) is 11.3 Å². The van der Waals surface area contributed by atoms with E-state index in [4.69, 9.17) is 13.9 Å². The number of carboxylic acid groups (broad SMARTS) is 1. The van der Waals surface area contributed by atoms with E-state index in [0.717, 1.165) is 17.9 Å². The highest BCUT2D eigenvalue weighted by Crippen LogP contribution is 2.46. The Kier molecular flexibility index (Phi) is 5.99. The molecule has 1 saturated heterocycles. The third kappa shape index (κ3) is 4.16. The summed E-state index contributed by atoms with van der Waals surface area (Å²) in [6.45, 7) is 2.94. The first-order valence-corrected chi connectivity index (χ1v) is 12.4. The molecule has 2 N–H and O–H groups in total. The maximum absolute atomic E-state index is 12.2. The van der Waals surface area contributed by atoms with Gasteiger partial charge in [0.1, 0.15) is 23.2 Å². The maximum Gasteiger partial charge on any atom is 0.339 e. The molecule has 0 radical (unpaired) electrons. The summed E-state index contributed by atoms with van der Waals surface area (Å²) in [6.07, 6.45) is 6.52. The second kappa shape index (κ2) is 9.44. The summed E-state index contributed by atoms with van der Waals surface area (Å²) in [5.74, 6) is 0.219. The molecule has 2 fully saturated rings. The van der Waals surface area contributed by atoms with Gasteiger partial charge in [-0.3, -0.25) is 4.90 Å². The van der Waals surface area contributed by atoms with E-state index in [9.17, 15) is 15.0 Å². The van der Waals surface area contributed by atoms with Crippen LogP contribution in [0.3, 0.4) is 0 Å². The number of pyridine rings is 1. The number of aromatic carboxylic acids is 1. The Bertz CT molecular complexity index is 1420. The second-order valence-electron chi connectivity index (χ2n) is 9.53. The van der Waals surface area contributed by atoms with E-state index in [1.807, 2.05) is 36.4 Å². The van der Waals surface area contributed by atoms with Crippen molar-refractivity contribution in [2.75, 3.05) is 32.9 Å². The number of fused-ring (bicyclic) bond motifs is 3. The Balaban J connectivity index is 1.54. The predicted octanol–water partition coefficient (Wildman–Crippen LogP) is 4.99. The molecule has 1 atom stereocenters. The number of aromatic hydroxyl groups is 1. The largest absolute Gasteiger partial charge is 0.507 e. The van der Waals surface area contributed by atoms with Crippen LogP contribution in [0.25, 0.3) is 21.7 Å². The number of morpholine rings is 1. The second-order valence-corrected chi connectivity index (χ2v) is 9.53. The zero-order valence-corrected chi connectivity index (χ0v) is 19.9. The quantitative estimate of drug-likeness (QED) is 0.358. The van der Waals surface area contributed by atoms with E-state index in [0.29, 0.717) is 66.1 Å². The lowest BCUT2D eigenvalue weighted by Crippen LogP contribution is -2.39. The fourth-order valence-corrected chi connectivity index (χ4v) is 5.20. The number of phenolic OH excluding ortho intramolecular Hbond substituents is 1. The van der Waals surface area contributed by atoms with Gasteiger partial charge in [-0.2, -0.15) is 0 Å². The van der Waals surface area contributed by atoms with Crippen LogP contribution in [0.5, 0.6) is 11.6 Å². The van der Waals surface area contributed by atoms with Gasteiger partial charge in [0.2, 0.25) is 5.88 Å². The van der Waals surface area contributed by atoms with Gasteiger partial charge >= 0.3 is 5.97 Å². The number of ether oxygens (including phenoxy) is 2. The molecule has 186 valence electrons. The minimum atomic E-state index is -1.11. The molecule has 8 heteroatoms. The van der Waals surface area contributed by atoms with Crippen molar-refractivity contribution < 1.29 is 28.9 Å². The molecular weight excluding hydrogens is 460 g/mol. The summed E-state index contributed by atoms with van der Waals surface area (Å²) in [6, 6.07) is 10.7. The average Bonchev–Trinajstić information content (AvgIpc) is 3.62. The molecule has 4 aromatic rings. The highest BCUT2D eigenvalue weighted by molar-refractivity contribution is 6.15. The topological polar surface area (TPSA) is 105 Å². The van der Waals surface area contributed by atoms with Crippen molar-refractivity contribution in [3.63, 3.8) is 0 Å². The van der Waals surface area contributed by atoms with E-state index >= 15 is 0 Å². The molecular formula is C28H28N2O6. The van der Waals surface area contributed by atoms with E-state index in [1.54, 1.807) is 6.20 Å². The van der Waals surface area contributed by atoms with Crippen molar-refractivity contribution in [2.45, 2.75) is 25.3 Å². The number of hydrogen-bond acceptors (Lipinski definition) is 7. The SMILES string of the molecule is O=C(O)c1coc2c1c(C(c1ccnc(OCCC3CC3)c1)N1CCOCC1)c(O)c1ccccc12. The van der Waals surface area contributed by atoms with Crippen LogP contribution in [0.2, 0.25) is 0 Å². The van der Waals surface area contributed by atoms with Gasteiger partial charge in [0.15, 0.2) is 0 Å². The minimum Gasteiger partial charge on any atom is -0.507 e. The smallest absolute Gasteiger partial charge is 0.339 e. The van der Waals surface area contributed by atoms with Crippen molar-refractivity contribution in [2.24, 2.45) is 5.92 Å². The third-order valence-electron chi connectivity index (χ3n) is 7.20. The van der Waals surface area contributed by atoms with Crippen LogP contribution in [0.1, 0.15) is 46.8 Å². The average molecular weight is 489 g/mol. The molecule has 2 aliphatic rings. The highest BCUT2D eigenvalue weighted by atomic mass is 16.5. The van der Waals surface area contributed by atoms with Crippen molar-refractivity contribution in [3.05, 3.63) is 65.5 Å². The molecule has 36 heavy (non-hydrogen) atoms. The summed E-state index contributed by atoms with van der Waals surface area (Å²) < 4.78 is 17.4. The Hall–Kier alpha value is -3.62. The molecule has 2 aromatic heterocycles. The summed E-state index contributed by atoms with van der Waals surface area (Å²) in [7, 11) is 0. The molecule has 1 unspecified atom stereocenters. The van der Waals surface area contributed by atoms with Gasteiger partial charge in [-0.05, 0) is 24.0 Å². The highest BCUT2D eigenvalue weighted by Gasteiger charge is 2.33. The van der Waals surface area contributed by atoms with Crippen molar-refractivity contribution in [1.29, 1.82) is 0 Å². The first kappa shape index (κ1) is 22.8. The van der Waals surface area contributed by atoms with E-state index < -0.39 is 12.0 Å². The molecule has 1 aliphatic heterocycles. The van der Waals surface area contributed by atoms with Crippen LogP contribution < -0.4 is 4.74 Å². The van der Waals surface area contributed by atoms with Crippen LogP contribution in [0.15, 0.2) is 53.3 Å². The number of rotatable bonds is 8. The molecule has 1 saturated carbocycles. The lowest BCUT2D eigenvalue weighted by atomic mass is 9.89. The van der Waals surface area contributed by atoms with E-state index in [1.165, 1.54) is 19.1 Å². The first-order valence-electron chi connectivity index (χ1n) is 12.4. The number of carboxylic acids is 1. The number of nitrogens with zero attached hydrogens (tertiary/aromatic N) is 2. The van der Waals surface area contributed by atoms with Gasteiger partial charge in [0, 0.05) is 47.1 Å². The number of phenols is 1. The number of carbonyl (C=O) groups is 1. The van der Waals surface area contributed by atoms with Gasteiger partial charge in [0.25, 0.3) is 0 Å². The lowest BCUT2D eigenvalue weighted by Gasteiger charge is -2.36. The van der Waals surface area contributed by atoms with Crippen LogP contribution in [0, 0.1) is 5.92 Å². The lowest BCUT2D eigenvalue weighted by molar-refractivity contribution is 0.0238. The molecule has 6 rings (SSSR count). The number of benzene rings is 2. The zero-order chi connectivity index (χ0) is 24.6. The van der Waals surface area contributed by atoms with Gasteiger partial charge < -0.3 is 24.1 Å². The van der Waals surface area contributed by atoms with Crippen LogP contribution >= 0.6 is 0 Å². The van der Waals surface area contributed by atoms with Gasteiger partial charge in [-0.15, -0.1) is 0 Å². The Morgan fingerprint density at radius 1 is 1.17 bits per heavy atom. The van der Waals surface area contributed by atoms with Crippen molar-refractivity contribution in [1.82, 2.24) is 9.88 Å². The van der Waals surface area contributed by atoms with E-state index in [2.05, 4.69) is 9.88 Å². The fraction of sp³-hybridized carbons (Fsp3) is 0.357. The molecule has 8 nitrogen and oxygen atoms in total. The number of furan rings is 1. The van der Waals surface area contributed by atoms with Crippen LogP contribution in [0.4, 0.5) is 0 Å². The van der Waals surface area contributed by atoms with Gasteiger partial charge in [0.05, 0.1) is 25.9 Å². The Morgan fingerprint density at radius 2 is 1.94 bits per heavy atom. The van der Waals surface area contributed by atoms with Gasteiger partial charge in [-0.1, -0.05) is 37.1 Å². The third-order valence-corrected chi connectivity index (χ3v) is 7.20. The Labute approximate surface area is 208 Å². The van der Waals surface area contributed by atoms with Gasteiger partial charge in [-0.25, -0.2) is 9.78 Å². The molecule has 3 heterocycles. The maximum atomic E-state index is 12.2. The summed E-state index contributed by atoms with van der Waals surface area (Å²) in [5, 5.41) is 23.4. The summed E-state index contributed by atoms with van der Waals surface area (Å²) in [5.41, 5.74) is 1.84. The molecule has 0 spiro atoms. The minimum absolute atomic E-state index is 0.0225. The first-order chi connectivity index (χ1) is 17.6. The Morgan fingerprint density at radius 3 is 2.69 bits per heavy atom. The van der Waals surface area contributed by atoms with Crippen molar-refractivity contribution in [3.8, 4) is 11.6 Å². The standard InChI is InChI=1S/C28H28N2O6/c31-26-19-3-1-2-4-20(19)27-23(21(16-36-27)28(32)33)24(26)25(30-10-13-34-14-11-30)18-7-9-29-22(15-18)35-12-8-17-5-6-17/h1-4,7,9,15-17,25,31H,5-6,8,10-14H2,(H,32,33). The number of aromatic nitrogens is 1. The molecule has 2 aromatic carbocycles. The monoisotopic (exact) mass is 488 g/mol. The van der Waals surface area contributed by atoms with Crippen LogP contribution in [-0.4, -0.2) is 59.0 Å². The zero-order valence-electron chi connectivity index (χ0n) is 19.9. The summed E-state index contributed by atoms with van der Waals surface area (Å²) >= 11 is 0. The molecule has 0 amide bonds. The normalized spacial score (nSPS) is 17.4. The van der Waals surface area contributed by atoms with Crippen molar-refractivity contribution >= 4 is 27.7 Å².